The van der Waals surface area contributed by atoms with Crippen LogP contribution in [0, 0.1) is 5.82 Å². The van der Waals surface area contributed by atoms with E-state index in [2.05, 4.69) is 21.2 Å². The van der Waals surface area contributed by atoms with E-state index >= 15 is 0 Å². The summed E-state index contributed by atoms with van der Waals surface area (Å²) in [5.74, 6) is -0.664. The van der Waals surface area contributed by atoms with Gasteiger partial charge in [-0.1, -0.05) is 12.1 Å². The van der Waals surface area contributed by atoms with Gasteiger partial charge in [0.05, 0.1) is 24.4 Å². The fourth-order valence-electron chi connectivity index (χ4n) is 3.49. The van der Waals surface area contributed by atoms with Gasteiger partial charge in [0.25, 0.3) is 11.8 Å². The zero-order chi connectivity index (χ0) is 25.8. The van der Waals surface area contributed by atoms with E-state index in [1.807, 2.05) is 0 Å². The van der Waals surface area contributed by atoms with E-state index in [1.165, 1.54) is 44.6 Å². The summed E-state index contributed by atoms with van der Waals surface area (Å²) in [5.41, 5.74) is 1.25. The molecular weight excluding hydrogens is 535 g/mol. The van der Waals surface area contributed by atoms with E-state index in [4.69, 9.17) is 14.2 Å². The highest BCUT2D eigenvalue weighted by Gasteiger charge is 2.36. The number of carbonyl (C=O) groups excluding carboxylic acids is 3. The highest BCUT2D eigenvalue weighted by atomic mass is 79.9. The van der Waals surface area contributed by atoms with Crippen molar-refractivity contribution in [2.75, 3.05) is 19.1 Å². The number of barbiturate groups is 1. The predicted molar refractivity (Wildman–Crippen MR) is 133 cm³/mol. The van der Waals surface area contributed by atoms with Crippen LogP contribution < -0.4 is 24.4 Å². The zero-order valence-corrected chi connectivity index (χ0v) is 20.8. The molecule has 36 heavy (non-hydrogen) atoms. The first-order valence-electron chi connectivity index (χ1n) is 10.6. The maximum Gasteiger partial charge on any atom is 0.335 e. The van der Waals surface area contributed by atoms with Crippen LogP contribution in [0.2, 0.25) is 0 Å². The Bertz CT molecular complexity index is 1360. The molecule has 184 valence electrons. The highest BCUT2D eigenvalue weighted by molar-refractivity contribution is 9.10. The number of benzene rings is 3. The van der Waals surface area contributed by atoms with E-state index in [9.17, 15) is 18.8 Å². The number of rotatable bonds is 7. The molecule has 1 heterocycles. The third-order valence-electron chi connectivity index (χ3n) is 5.29. The van der Waals surface area contributed by atoms with Crippen molar-refractivity contribution in [1.82, 2.24) is 5.32 Å². The first kappa shape index (κ1) is 24.9. The molecule has 4 rings (SSSR count). The van der Waals surface area contributed by atoms with Gasteiger partial charge in [-0.25, -0.2) is 14.1 Å². The highest BCUT2D eigenvalue weighted by Crippen LogP contribution is 2.38. The van der Waals surface area contributed by atoms with Crippen LogP contribution in [0.1, 0.15) is 11.1 Å². The van der Waals surface area contributed by atoms with Gasteiger partial charge >= 0.3 is 6.03 Å². The molecule has 0 aliphatic carbocycles. The Morgan fingerprint density at radius 2 is 1.67 bits per heavy atom. The third-order valence-corrected chi connectivity index (χ3v) is 5.88. The molecule has 0 atom stereocenters. The average Bonchev–Trinajstić information content (AvgIpc) is 2.87. The summed E-state index contributed by atoms with van der Waals surface area (Å²) in [5, 5.41) is 2.19. The Labute approximate surface area is 214 Å². The number of methoxy groups -OCH3 is 2. The standard InChI is InChI=1S/C26H20BrFN2O6/c1-34-19-9-7-18(8-10-19)30-25(32)20(24(31)29-26(30)33)11-16-12-21(27)23(22(13-16)35-2)36-14-15-3-5-17(28)6-4-15/h3-13H,14H2,1-2H3,(H,29,31,33)/b20-11+. The minimum Gasteiger partial charge on any atom is -0.497 e. The van der Waals surface area contributed by atoms with E-state index < -0.39 is 17.8 Å². The predicted octanol–water partition coefficient (Wildman–Crippen LogP) is 4.85. The summed E-state index contributed by atoms with van der Waals surface area (Å²) >= 11 is 3.43. The Morgan fingerprint density at radius 1 is 0.972 bits per heavy atom. The van der Waals surface area contributed by atoms with E-state index in [0.29, 0.717) is 27.3 Å². The number of nitrogens with one attached hydrogen (secondary N) is 1. The van der Waals surface area contributed by atoms with Gasteiger partial charge in [-0.2, -0.15) is 0 Å². The van der Waals surface area contributed by atoms with Crippen LogP contribution in [0.15, 0.2) is 70.7 Å². The smallest absolute Gasteiger partial charge is 0.335 e. The lowest BCUT2D eigenvalue weighted by atomic mass is 10.1. The molecule has 0 radical (unpaired) electrons. The van der Waals surface area contributed by atoms with Crippen LogP contribution in [0.25, 0.3) is 6.08 Å². The number of urea groups is 1. The summed E-state index contributed by atoms with van der Waals surface area (Å²) < 4.78 is 30.0. The molecule has 4 amide bonds. The number of amides is 4. The topological polar surface area (TPSA) is 94.2 Å². The van der Waals surface area contributed by atoms with Gasteiger partial charge in [0.1, 0.15) is 23.7 Å². The number of hydrogen-bond donors (Lipinski definition) is 1. The van der Waals surface area contributed by atoms with Crippen molar-refractivity contribution >= 4 is 45.5 Å². The SMILES string of the molecule is COc1ccc(N2C(=O)NC(=O)/C(=C\c3cc(Br)c(OCc4ccc(F)cc4)c(OC)c3)C2=O)cc1. The zero-order valence-electron chi connectivity index (χ0n) is 19.2. The second-order valence-electron chi connectivity index (χ2n) is 7.61. The molecule has 0 unspecified atom stereocenters. The van der Waals surface area contributed by atoms with Crippen molar-refractivity contribution < 1.29 is 33.0 Å². The molecule has 1 aliphatic rings. The average molecular weight is 555 g/mol. The molecule has 1 aliphatic heterocycles. The molecule has 1 saturated heterocycles. The number of halogens is 2. The Hall–Kier alpha value is -4.18. The molecule has 8 nitrogen and oxygen atoms in total. The minimum absolute atomic E-state index is 0.162. The van der Waals surface area contributed by atoms with Crippen LogP contribution in [0.5, 0.6) is 17.2 Å². The Balaban J connectivity index is 1.62. The van der Waals surface area contributed by atoms with Crippen LogP contribution in [0.3, 0.4) is 0 Å². The van der Waals surface area contributed by atoms with Gasteiger partial charge in [0, 0.05) is 0 Å². The number of hydrogen-bond acceptors (Lipinski definition) is 6. The lowest BCUT2D eigenvalue weighted by Gasteiger charge is -2.26. The molecule has 3 aromatic carbocycles. The van der Waals surface area contributed by atoms with Gasteiger partial charge < -0.3 is 14.2 Å². The summed E-state index contributed by atoms with van der Waals surface area (Å²) in [6, 6.07) is 14.6. The molecular formula is C26H20BrFN2O6. The van der Waals surface area contributed by atoms with Gasteiger partial charge in [-0.3, -0.25) is 14.9 Å². The quantitative estimate of drug-likeness (QED) is 0.331. The second-order valence-corrected chi connectivity index (χ2v) is 8.46. The maximum atomic E-state index is 13.1. The van der Waals surface area contributed by atoms with Crippen LogP contribution >= 0.6 is 15.9 Å². The molecule has 0 saturated carbocycles. The van der Waals surface area contributed by atoms with Crippen LogP contribution in [0.4, 0.5) is 14.9 Å². The largest absolute Gasteiger partial charge is 0.497 e. The van der Waals surface area contributed by atoms with E-state index in [-0.39, 0.29) is 23.7 Å². The molecule has 0 aromatic heterocycles. The third kappa shape index (κ3) is 5.23. The lowest BCUT2D eigenvalue weighted by Crippen LogP contribution is -2.54. The van der Waals surface area contributed by atoms with Crippen molar-refractivity contribution in [3.8, 4) is 17.2 Å². The van der Waals surface area contributed by atoms with Crippen molar-refractivity contribution in [3.63, 3.8) is 0 Å². The number of imide groups is 2. The number of nitrogens with zero attached hydrogens (tertiary/aromatic N) is 1. The van der Waals surface area contributed by atoms with Crippen LogP contribution in [-0.2, 0) is 16.2 Å². The molecule has 1 fully saturated rings. The fourth-order valence-corrected chi connectivity index (χ4v) is 4.06. The van der Waals surface area contributed by atoms with Gasteiger partial charge in [-0.05, 0) is 81.7 Å². The summed E-state index contributed by atoms with van der Waals surface area (Å²) in [6.45, 7) is 0.162. The number of ether oxygens (including phenoxy) is 3. The minimum atomic E-state index is -0.851. The first-order chi connectivity index (χ1) is 17.3. The Morgan fingerprint density at radius 3 is 2.31 bits per heavy atom. The number of anilines is 1. The normalized spacial score (nSPS) is 14.6. The lowest BCUT2D eigenvalue weighted by molar-refractivity contribution is -0.122. The van der Waals surface area contributed by atoms with Crippen molar-refractivity contribution in [1.29, 1.82) is 0 Å². The van der Waals surface area contributed by atoms with Gasteiger partial charge in [0.2, 0.25) is 0 Å². The maximum absolute atomic E-state index is 13.1. The van der Waals surface area contributed by atoms with Gasteiger partial charge in [0.15, 0.2) is 11.5 Å². The van der Waals surface area contributed by atoms with Crippen molar-refractivity contribution in [2.45, 2.75) is 6.61 Å². The summed E-state index contributed by atoms with van der Waals surface area (Å²) in [7, 11) is 2.95. The van der Waals surface area contributed by atoms with Gasteiger partial charge in [-0.15, -0.1) is 0 Å². The molecule has 1 N–H and O–H groups in total. The summed E-state index contributed by atoms with van der Waals surface area (Å²) in [6.07, 6.45) is 1.36. The van der Waals surface area contributed by atoms with Crippen molar-refractivity contribution in [2.24, 2.45) is 0 Å². The molecule has 0 bridgehead atoms. The number of carbonyl (C=O) groups is 3. The van der Waals surface area contributed by atoms with Crippen LogP contribution in [-0.4, -0.2) is 32.1 Å². The fraction of sp³-hybridized carbons (Fsp3) is 0.115. The van der Waals surface area contributed by atoms with E-state index in [0.717, 1.165) is 10.5 Å². The summed E-state index contributed by atoms with van der Waals surface area (Å²) in [4.78, 5) is 39.0. The molecule has 10 heteroatoms. The second kappa shape index (κ2) is 10.6. The molecule has 0 spiro atoms. The Kier molecular flexibility index (Phi) is 7.35. The first-order valence-corrected chi connectivity index (χ1v) is 11.4. The monoisotopic (exact) mass is 554 g/mol. The van der Waals surface area contributed by atoms with Crippen molar-refractivity contribution in [3.05, 3.63) is 87.7 Å². The molecule has 3 aromatic rings. The van der Waals surface area contributed by atoms with E-state index in [1.54, 1.807) is 36.4 Å².